The van der Waals surface area contributed by atoms with Gasteiger partial charge in [0, 0.05) is 21.9 Å². The van der Waals surface area contributed by atoms with E-state index < -0.39 is 10.8 Å². The third kappa shape index (κ3) is 4.09. The molecule has 0 saturated carbocycles. The Morgan fingerprint density at radius 2 is 1.73 bits per heavy atom. The van der Waals surface area contributed by atoms with Crippen LogP contribution in [0.3, 0.4) is 0 Å². The van der Waals surface area contributed by atoms with E-state index in [1.165, 1.54) is 0 Å². The molecular weight excluding hydrogens is 402 g/mol. The summed E-state index contributed by atoms with van der Waals surface area (Å²) in [4.78, 5) is 12.9. The van der Waals surface area contributed by atoms with E-state index in [-0.39, 0.29) is 12.0 Å². The molecule has 1 atom stereocenters. The van der Waals surface area contributed by atoms with E-state index >= 15 is 0 Å². The van der Waals surface area contributed by atoms with Crippen molar-refractivity contribution in [2.24, 2.45) is 0 Å². The van der Waals surface area contributed by atoms with Gasteiger partial charge in [-0.3, -0.25) is 9.00 Å². The molecule has 1 aliphatic heterocycles. The molecule has 8 heteroatoms. The fourth-order valence-electron chi connectivity index (χ4n) is 3.30. The molecule has 1 aliphatic rings. The van der Waals surface area contributed by atoms with Gasteiger partial charge in [-0.15, -0.1) is 0 Å². The van der Waals surface area contributed by atoms with Crippen molar-refractivity contribution in [1.29, 1.82) is 0 Å². The Kier molecular flexibility index (Phi) is 5.59. The highest BCUT2D eigenvalue weighted by Gasteiger charge is 2.28. The molecule has 30 heavy (non-hydrogen) atoms. The van der Waals surface area contributed by atoms with Crippen molar-refractivity contribution in [3.8, 4) is 17.2 Å². The second-order valence-electron chi connectivity index (χ2n) is 7.26. The fourth-order valence-corrected chi connectivity index (χ4v) is 4.57. The molecule has 0 aliphatic carbocycles. The van der Waals surface area contributed by atoms with Gasteiger partial charge in [0.15, 0.2) is 0 Å². The normalized spacial score (nSPS) is 15.1. The lowest BCUT2D eigenvalue weighted by molar-refractivity contribution is 0.102. The van der Waals surface area contributed by atoms with Gasteiger partial charge >= 0.3 is 0 Å². The summed E-state index contributed by atoms with van der Waals surface area (Å²) in [6.45, 7) is 3.90. The van der Waals surface area contributed by atoms with Crippen molar-refractivity contribution in [2.45, 2.75) is 31.5 Å². The third-order valence-corrected chi connectivity index (χ3v) is 5.91. The molecule has 2 heterocycles. The molecule has 1 N–H and O–H groups in total. The SMILES string of the molecule is COc1ccc(-n2nc3c(c2NC(=O)c2ccc(OC(C)C)cc2)C[S@](=O)C3)cc1. The van der Waals surface area contributed by atoms with Gasteiger partial charge in [0.25, 0.3) is 5.91 Å². The Morgan fingerprint density at radius 3 is 2.37 bits per heavy atom. The monoisotopic (exact) mass is 425 g/mol. The smallest absolute Gasteiger partial charge is 0.256 e. The number of methoxy groups -OCH3 is 1. The van der Waals surface area contributed by atoms with E-state index in [9.17, 15) is 9.00 Å². The maximum absolute atomic E-state index is 12.9. The molecule has 2 aromatic carbocycles. The molecule has 0 bridgehead atoms. The highest BCUT2D eigenvalue weighted by molar-refractivity contribution is 7.83. The predicted octanol–water partition coefficient (Wildman–Crippen LogP) is 3.68. The summed E-state index contributed by atoms with van der Waals surface area (Å²) in [5.74, 6) is 2.50. The van der Waals surface area contributed by atoms with Crippen LogP contribution in [-0.4, -0.2) is 33.1 Å². The maximum Gasteiger partial charge on any atom is 0.256 e. The quantitative estimate of drug-likeness (QED) is 0.651. The molecule has 4 rings (SSSR count). The number of ether oxygens (including phenoxy) is 2. The van der Waals surface area contributed by atoms with Gasteiger partial charge in [0.1, 0.15) is 17.3 Å². The van der Waals surface area contributed by atoms with Gasteiger partial charge in [-0.2, -0.15) is 5.10 Å². The first-order chi connectivity index (χ1) is 14.4. The Morgan fingerprint density at radius 1 is 1.07 bits per heavy atom. The zero-order valence-electron chi connectivity index (χ0n) is 17.0. The average molecular weight is 426 g/mol. The van der Waals surface area contributed by atoms with Crippen LogP contribution in [-0.2, 0) is 22.3 Å². The fraction of sp³-hybridized carbons (Fsp3) is 0.273. The van der Waals surface area contributed by atoms with Crippen LogP contribution in [0, 0.1) is 0 Å². The predicted molar refractivity (Wildman–Crippen MR) is 116 cm³/mol. The van der Waals surface area contributed by atoms with Gasteiger partial charge in [-0.25, -0.2) is 4.68 Å². The van der Waals surface area contributed by atoms with Crippen molar-refractivity contribution >= 4 is 22.5 Å². The molecule has 1 aromatic heterocycles. The molecule has 1 amide bonds. The maximum atomic E-state index is 12.9. The van der Waals surface area contributed by atoms with Crippen molar-refractivity contribution in [1.82, 2.24) is 9.78 Å². The van der Waals surface area contributed by atoms with E-state index in [2.05, 4.69) is 10.4 Å². The van der Waals surface area contributed by atoms with Crippen LogP contribution in [0.4, 0.5) is 5.82 Å². The second kappa shape index (κ2) is 8.31. The summed E-state index contributed by atoms with van der Waals surface area (Å²) < 4.78 is 24.6. The van der Waals surface area contributed by atoms with Gasteiger partial charge in [-0.05, 0) is 62.4 Å². The number of hydrogen-bond acceptors (Lipinski definition) is 5. The van der Waals surface area contributed by atoms with E-state index in [1.807, 2.05) is 38.1 Å². The van der Waals surface area contributed by atoms with Crippen LogP contribution in [0.1, 0.15) is 35.5 Å². The minimum Gasteiger partial charge on any atom is -0.497 e. The lowest BCUT2D eigenvalue weighted by atomic mass is 10.2. The summed E-state index contributed by atoms with van der Waals surface area (Å²) in [6, 6.07) is 14.4. The van der Waals surface area contributed by atoms with Gasteiger partial charge in [0.2, 0.25) is 0 Å². The third-order valence-electron chi connectivity index (χ3n) is 4.71. The number of carbonyl (C=O) groups is 1. The van der Waals surface area contributed by atoms with Crippen molar-refractivity contribution in [2.75, 3.05) is 12.4 Å². The van der Waals surface area contributed by atoms with Crippen LogP contribution < -0.4 is 14.8 Å². The van der Waals surface area contributed by atoms with Crippen molar-refractivity contribution in [3.05, 3.63) is 65.4 Å². The molecule has 0 saturated heterocycles. The molecule has 7 nitrogen and oxygen atoms in total. The molecule has 0 unspecified atom stereocenters. The van der Waals surface area contributed by atoms with Crippen molar-refractivity contribution < 1.29 is 18.5 Å². The Labute approximate surface area is 177 Å². The molecule has 0 fully saturated rings. The number of anilines is 1. The van der Waals surface area contributed by atoms with Crippen LogP contribution >= 0.6 is 0 Å². The molecular formula is C22H23N3O4S. The number of hydrogen-bond donors (Lipinski definition) is 1. The van der Waals surface area contributed by atoms with Crippen molar-refractivity contribution in [3.63, 3.8) is 0 Å². The zero-order valence-corrected chi connectivity index (χ0v) is 17.9. The number of fused-ring (bicyclic) bond motifs is 1. The minimum atomic E-state index is -1.00. The lowest BCUT2D eigenvalue weighted by Crippen LogP contribution is -2.16. The number of aromatic nitrogens is 2. The Hall–Kier alpha value is -3.13. The summed E-state index contributed by atoms with van der Waals surface area (Å²) in [6.07, 6.45) is 0.0620. The van der Waals surface area contributed by atoms with Crippen LogP contribution in [0.15, 0.2) is 48.5 Å². The highest BCUT2D eigenvalue weighted by Crippen LogP contribution is 2.32. The molecule has 0 spiro atoms. The van der Waals surface area contributed by atoms with Crippen LogP contribution in [0.2, 0.25) is 0 Å². The molecule has 3 aromatic rings. The molecule has 156 valence electrons. The van der Waals surface area contributed by atoms with E-state index in [4.69, 9.17) is 9.47 Å². The number of nitrogens with one attached hydrogen (secondary N) is 1. The summed E-state index contributed by atoms with van der Waals surface area (Å²) in [5, 5.41) is 7.58. The summed E-state index contributed by atoms with van der Waals surface area (Å²) >= 11 is 0. The number of carbonyl (C=O) groups excluding carboxylic acids is 1. The largest absolute Gasteiger partial charge is 0.497 e. The van der Waals surface area contributed by atoms with Crippen LogP contribution in [0.5, 0.6) is 11.5 Å². The number of amides is 1. The Bertz CT molecular complexity index is 1090. The number of benzene rings is 2. The van der Waals surface area contributed by atoms with E-state index in [0.29, 0.717) is 28.6 Å². The average Bonchev–Trinajstić information content (AvgIpc) is 3.25. The first-order valence-corrected chi connectivity index (χ1v) is 11.1. The van der Waals surface area contributed by atoms with Gasteiger partial charge in [0.05, 0.1) is 36.1 Å². The van der Waals surface area contributed by atoms with Gasteiger partial charge in [-0.1, -0.05) is 0 Å². The Balaban J connectivity index is 1.64. The number of rotatable bonds is 6. The first-order valence-electron chi connectivity index (χ1n) is 9.63. The zero-order chi connectivity index (χ0) is 21.3. The van der Waals surface area contributed by atoms with Crippen LogP contribution in [0.25, 0.3) is 5.69 Å². The second-order valence-corrected chi connectivity index (χ2v) is 8.71. The topological polar surface area (TPSA) is 82.4 Å². The number of nitrogens with zero attached hydrogens (tertiary/aromatic N) is 2. The van der Waals surface area contributed by atoms with E-state index in [0.717, 1.165) is 22.7 Å². The summed E-state index contributed by atoms with van der Waals surface area (Å²) in [7, 11) is 0.607. The molecule has 0 radical (unpaired) electrons. The standard InChI is InChI=1S/C22H23N3O4S/c1-14(2)29-18-8-4-15(5-9-18)22(26)23-21-19-12-30(27)13-20(19)24-25(21)16-6-10-17(28-3)11-7-16/h4-11,14H,12-13H2,1-3H3,(H,23,26)/t30-/m0/s1. The van der Waals surface area contributed by atoms with E-state index in [1.54, 1.807) is 36.1 Å². The summed E-state index contributed by atoms with van der Waals surface area (Å²) in [5.41, 5.74) is 2.85. The highest BCUT2D eigenvalue weighted by atomic mass is 32.2. The van der Waals surface area contributed by atoms with Gasteiger partial charge < -0.3 is 14.8 Å². The first kappa shape index (κ1) is 20.2. The lowest BCUT2D eigenvalue weighted by Gasteiger charge is -2.12. The minimum absolute atomic E-state index is 0.0620.